The number of likely N-dealkylation sites (N-methyl/N-ethyl adjacent to an activating group) is 1. The quantitative estimate of drug-likeness (QED) is 0.728. The molecule has 0 aromatic carbocycles. The van der Waals surface area contributed by atoms with Gasteiger partial charge in [-0.3, -0.25) is 0 Å². The van der Waals surface area contributed by atoms with Crippen LogP contribution in [0.4, 0.5) is 0 Å². The van der Waals surface area contributed by atoms with Crippen molar-refractivity contribution in [2.24, 2.45) is 0 Å². The van der Waals surface area contributed by atoms with Gasteiger partial charge in [-0.2, -0.15) is 5.26 Å². The lowest BCUT2D eigenvalue weighted by Gasteiger charge is -2.11. The Morgan fingerprint density at radius 3 is 3.06 bits per heavy atom. The first-order chi connectivity index (χ1) is 8.72. The lowest BCUT2D eigenvalue weighted by Crippen LogP contribution is -2.21. The highest BCUT2D eigenvalue weighted by Gasteiger charge is 2.21. The second-order valence-electron chi connectivity index (χ2n) is 4.57. The zero-order valence-corrected chi connectivity index (χ0v) is 10.9. The predicted octanol–water partition coefficient (Wildman–Crippen LogP) is 1.45. The fraction of sp³-hybridized carbons (Fsp3) is 0.417. The minimum absolute atomic E-state index is 0.566. The summed E-state index contributed by atoms with van der Waals surface area (Å²) in [5.74, 6) is 0. The molecular weight excluding hydrogens is 246 g/mol. The first-order valence-electron chi connectivity index (χ1n) is 5.89. The molecule has 0 saturated carbocycles. The first-order valence-corrected chi connectivity index (χ1v) is 6.30. The summed E-state index contributed by atoms with van der Waals surface area (Å²) >= 11 is 5.30. The molecule has 0 aliphatic carbocycles. The number of hydrogen-bond acceptors (Lipinski definition) is 4. The van der Waals surface area contributed by atoms with Crippen LogP contribution in [0.3, 0.4) is 0 Å². The van der Waals surface area contributed by atoms with E-state index in [0.29, 0.717) is 10.2 Å². The highest BCUT2D eigenvalue weighted by Crippen LogP contribution is 2.26. The van der Waals surface area contributed by atoms with Crippen LogP contribution in [0.1, 0.15) is 11.3 Å². The lowest BCUT2D eigenvalue weighted by molar-refractivity contribution is 0.342. The molecule has 1 aliphatic rings. The Balaban J connectivity index is 2.37. The molecule has 0 spiro atoms. The maximum atomic E-state index is 9.38. The summed E-state index contributed by atoms with van der Waals surface area (Å²) in [6.45, 7) is 2.78. The Morgan fingerprint density at radius 1 is 1.44 bits per heavy atom. The van der Waals surface area contributed by atoms with Gasteiger partial charge in [-0.1, -0.05) is 12.2 Å². The average Bonchev–Trinajstić information content (AvgIpc) is 2.56. The summed E-state index contributed by atoms with van der Waals surface area (Å²) in [5.41, 5.74) is 3.52. The summed E-state index contributed by atoms with van der Waals surface area (Å²) in [5, 5.41) is 9.38. The normalized spacial score (nSPS) is 16.2. The highest BCUT2D eigenvalue weighted by molar-refractivity contribution is 7.71. The van der Waals surface area contributed by atoms with Crippen LogP contribution in [-0.2, 0) is 13.0 Å². The van der Waals surface area contributed by atoms with E-state index in [4.69, 9.17) is 12.2 Å². The van der Waals surface area contributed by atoms with Gasteiger partial charge in [0.1, 0.15) is 11.6 Å². The van der Waals surface area contributed by atoms with Gasteiger partial charge in [-0.05, 0) is 7.05 Å². The van der Waals surface area contributed by atoms with E-state index in [1.54, 1.807) is 6.33 Å². The molecule has 2 aromatic heterocycles. The van der Waals surface area contributed by atoms with Crippen molar-refractivity contribution in [2.75, 3.05) is 20.1 Å². The number of aromatic nitrogens is 3. The summed E-state index contributed by atoms with van der Waals surface area (Å²) in [4.78, 5) is 9.46. The van der Waals surface area contributed by atoms with E-state index >= 15 is 0 Å². The van der Waals surface area contributed by atoms with Crippen LogP contribution in [0.5, 0.6) is 0 Å². The number of rotatable bonds is 0. The molecule has 0 saturated heterocycles. The fourth-order valence-corrected chi connectivity index (χ4v) is 2.82. The SMILES string of the molecule is CN1CCc2c(C#N)c3[nH]cnc(=S)c3n2CC1. The van der Waals surface area contributed by atoms with Crippen molar-refractivity contribution < 1.29 is 0 Å². The van der Waals surface area contributed by atoms with Crippen molar-refractivity contribution in [2.45, 2.75) is 13.0 Å². The number of aromatic amines is 1. The van der Waals surface area contributed by atoms with E-state index in [1.165, 1.54) is 0 Å². The number of fused-ring (bicyclic) bond motifs is 3. The van der Waals surface area contributed by atoms with E-state index in [-0.39, 0.29) is 0 Å². The van der Waals surface area contributed by atoms with Crippen LogP contribution in [0.15, 0.2) is 6.33 Å². The Kier molecular flexibility index (Phi) is 2.65. The van der Waals surface area contributed by atoms with Crippen LogP contribution >= 0.6 is 12.2 Å². The zero-order valence-electron chi connectivity index (χ0n) is 10.1. The monoisotopic (exact) mass is 259 g/mol. The van der Waals surface area contributed by atoms with Crippen molar-refractivity contribution in [3.05, 3.63) is 22.2 Å². The van der Waals surface area contributed by atoms with Crippen molar-refractivity contribution in [3.8, 4) is 6.07 Å². The average molecular weight is 259 g/mol. The smallest absolute Gasteiger partial charge is 0.153 e. The molecule has 92 valence electrons. The summed E-state index contributed by atoms with van der Waals surface area (Å²) < 4.78 is 2.72. The van der Waals surface area contributed by atoms with Crippen LogP contribution in [0, 0.1) is 16.0 Å². The van der Waals surface area contributed by atoms with Gasteiger partial charge in [0.25, 0.3) is 0 Å². The third-order valence-corrected chi connectivity index (χ3v) is 3.81. The topological polar surface area (TPSA) is 60.6 Å². The van der Waals surface area contributed by atoms with E-state index < -0.39 is 0 Å². The molecule has 0 amide bonds. The molecule has 0 bridgehead atoms. The first kappa shape index (κ1) is 11.4. The molecule has 5 nitrogen and oxygen atoms in total. The Hall–Kier alpha value is -1.71. The van der Waals surface area contributed by atoms with Gasteiger partial charge in [0.05, 0.1) is 17.4 Å². The summed E-state index contributed by atoms with van der Waals surface area (Å²) in [7, 11) is 2.10. The zero-order chi connectivity index (χ0) is 12.7. The van der Waals surface area contributed by atoms with Gasteiger partial charge in [0, 0.05) is 31.7 Å². The number of nitrogens with one attached hydrogen (secondary N) is 1. The third-order valence-electron chi connectivity index (χ3n) is 3.51. The second-order valence-corrected chi connectivity index (χ2v) is 4.96. The molecule has 1 N–H and O–H groups in total. The summed E-state index contributed by atoms with van der Waals surface area (Å²) in [6, 6.07) is 2.30. The van der Waals surface area contributed by atoms with Crippen LogP contribution in [-0.4, -0.2) is 39.6 Å². The van der Waals surface area contributed by atoms with Crippen LogP contribution in [0.2, 0.25) is 0 Å². The number of hydrogen-bond donors (Lipinski definition) is 1. The molecular formula is C12H13N5S. The van der Waals surface area contributed by atoms with Gasteiger partial charge in [0.15, 0.2) is 4.64 Å². The molecule has 0 radical (unpaired) electrons. The van der Waals surface area contributed by atoms with Crippen molar-refractivity contribution in [3.63, 3.8) is 0 Å². The molecule has 3 rings (SSSR count). The second kappa shape index (κ2) is 4.19. The maximum Gasteiger partial charge on any atom is 0.153 e. The predicted molar refractivity (Wildman–Crippen MR) is 70.8 cm³/mol. The largest absolute Gasteiger partial charge is 0.343 e. The lowest BCUT2D eigenvalue weighted by atomic mass is 10.2. The highest BCUT2D eigenvalue weighted by atomic mass is 32.1. The van der Waals surface area contributed by atoms with Crippen molar-refractivity contribution in [1.82, 2.24) is 19.4 Å². The van der Waals surface area contributed by atoms with Crippen LogP contribution in [0.25, 0.3) is 11.0 Å². The van der Waals surface area contributed by atoms with E-state index in [2.05, 4.69) is 32.6 Å². The molecule has 0 fully saturated rings. The van der Waals surface area contributed by atoms with Crippen molar-refractivity contribution in [1.29, 1.82) is 5.26 Å². The molecule has 3 heterocycles. The van der Waals surface area contributed by atoms with Gasteiger partial charge >= 0.3 is 0 Å². The third kappa shape index (κ3) is 1.55. The maximum absolute atomic E-state index is 9.38. The van der Waals surface area contributed by atoms with Gasteiger partial charge in [-0.15, -0.1) is 0 Å². The fourth-order valence-electron chi connectivity index (χ4n) is 2.55. The Bertz CT molecular complexity index is 706. The standard InChI is InChI=1S/C12H13N5S/c1-16-3-2-9-8(6-13)10-11(17(9)5-4-16)12(18)15-7-14-10/h7H,2-5H2,1H3,(H,14,15,18). The molecule has 6 heteroatoms. The molecule has 18 heavy (non-hydrogen) atoms. The minimum Gasteiger partial charge on any atom is -0.343 e. The Morgan fingerprint density at radius 2 is 2.28 bits per heavy atom. The van der Waals surface area contributed by atoms with Crippen LogP contribution < -0.4 is 0 Å². The molecule has 2 aromatic rings. The van der Waals surface area contributed by atoms with E-state index in [9.17, 15) is 5.26 Å². The number of nitrogens with zero attached hydrogens (tertiary/aromatic N) is 4. The van der Waals surface area contributed by atoms with E-state index in [0.717, 1.165) is 42.8 Å². The molecule has 1 aliphatic heterocycles. The molecule has 0 atom stereocenters. The van der Waals surface area contributed by atoms with E-state index in [1.807, 2.05) is 0 Å². The Labute approximate surface area is 110 Å². The van der Waals surface area contributed by atoms with Gasteiger partial charge in [0.2, 0.25) is 0 Å². The number of H-pyrrole nitrogens is 1. The van der Waals surface area contributed by atoms with Gasteiger partial charge < -0.3 is 14.5 Å². The molecule has 0 unspecified atom stereocenters. The van der Waals surface area contributed by atoms with Crippen molar-refractivity contribution >= 4 is 23.3 Å². The number of nitriles is 1. The van der Waals surface area contributed by atoms with Gasteiger partial charge in [-0.25, -0.2) is 4.98 Å². The minimum atomic E-state index is 0.566. The summed E-state index contributed by atoms with van der Waals surface area (Å²) in [6.07, 6.45) is 2.44.